The van der Waals surface area contributed by atoms with E-state index in [9.17, 15) is 4.79 Å². The van der Waals surface area contributed by atoms with Gasteiger partial charge in [-0.05, 0) is 6.92 Å². The average molecular weight is 254 g/mol. The average Bonchev–Trinajstić information content (AvgIpc) is 2.75. The number of fused-ring (bicyclic) bond motifs is 1. The Morgan fingerprint density at radius 1 is 1.00 bits per heavy atom. The molecule has 5 heteroatoms. The van der Waals surface area contributed by atoms with Crippen LogP contribution in [0.4, 0.5) is 0 Å². The largest absolute Gasteiger partial charge is 0.278 e. The molecule has 0 aliphatic heterocycles. The summed E-state index contributed by atoms with van der Waals surface area (Å²) < 4.78 is 3.11. The van der Waals surface area contributed by atoms with Gasteiger partial charge in [-0.3, -0.25) is 9.48 Å². The number of aromatic nitrogens is 4. The minimum atomic E-state index is -0.118. The predicted molar refractivity (Wildman–Crippen MR) is 73.9 cm³/mol. The highest BCUT2D eigenvalue weighted by Crippen LogP contribution is 2.26. The first-order valence-electron chi connectivity index (χ1n) is 6.05. The molecule has 3 rings (SSSR count). The van der Waals surface area contributed by atoms with Crippen LogP contribution in [-0.2, 0) is 14.1 Å². The fourth-order valence-corrected chi connectivity index (χ4v) is 2.39. The summed E-state index contributed by atoms with van der Waals surface area (Å²) in [5, 5.41) is 9.24. The molecule has 19 heavy (non-hydrogen) atoms. The minimum Gasteiger partial charge on any atom is -0.267 e. The summed E-state index contributed by atoms with van der Waals surface area (Å²) in [6.07, 6.45) is 0. The number of benzene rings is 1. The maximum absolute atomic E-state index is 12.3. The van der Waals surface area contributed by atoms with E-state index in [1.807, 2.05) is 44.3 Å². The number of rotatable bonds is 1. The van der Waals surface area contributed by atoms with Gasteiger partial charge in [0.05, 0.1) is 16.8 Å². The summed E-state index contributed by atoms with van der Waals surface area (Å²) >= 11 is 0. The standard InChI is InChI=1S/C14H14N4O/c1-9-12-11(14(19)18(3)15-9)13(17(2)16-12)10-7-5-4-6-8-10/h4-8H,1-3H3. The Morgan fingerprint density at radius 2 is 1.68 bits per heavy atom. The van der Waals surface area contributed by atoms with Gasteiger partial charge in [0.1, 0.15) is 5.52 Å². The van der Waals surface area contributed by atoms with Crippen molar-refractivity contribution in [3.63, 3.8) is 0 Å². The van der Waals surface area contributed by atoms with Crippen LogP contribution in [0.15, 0.2) is 35.1 Å². The van der Waals surface area contributed by atoms with E-state index < -0.39 is 0 Å². The zero-order chi connectivity index (χ0) is 13.6. The van der Waals surface area contributed by atoms with E-state index in [4.69, 9.17) is 0 Å². The molecule has 0 saturated carbocycles. The monoisotopic (exact) mass is 254 g/mol. The molecule has 0 N–H and O–H groups in total. The van der Waals surface area contributed by atoms with Crippen molar-refractivity contribution in [1.82, 2.24) is 19.6 Å². The Morgan fingerprint density at radius 3 is 2.37 bits per heavy atom. The highest BCUT2D eigenvalue weighted by Gasteiger charge is 2.17. The predicted octanol–water partition coefficient (Wildman–Crippen LogP) is 1.64. The Balaban J connectivity index is 2.50. The lowest BCUT2D eigenvalue weighted by Gasteiger charge is -2.03. The van der Waals surface area contributed by atoms with Crippen molar-refractivity contribution in [2.75, 3.05) is 0 Å². The smallest absolute Gasteiger partial charge is 0.267 e. The zero-order valence-electron chi connectivity index (χ0n) is 11.1. The van der Waals surface area contributed by atoms with Crippen LogP contribution >= 0.6 is 0 Å². The van der Waals surface area contributed by atoms with Crippen LogP contribution in [0.2, 0.25) is 0 Å². The fraction of sp³-hybridized carbons (Fsp3) is 0.214. The molecule has 0 atom stereocenters. The number of hydrogen-bond donors (Lipinski definition) is 0. The van der Waals surface area contributed by atoms with Crippen molar-refractivity contribution in [2.24, 2.45) is 14.1 Å². The molecule has 0 spiro atoms. The molecule has 1 aromatic carbocycles. The quantitative estimate of drug-likeness (QED) is 0.663. The third kappa shape index (κ3) is 1.66. The van der Waals surface area contributed by atoms with Crippen molar-refractivity contribution in [3.8, 4) is 11.3 Å². The molecule has 0 aliphatic carbocycles. The van der Waals surface area contributed by atoms with E-state index in [0.29, 0.717) is 10.9 Å². The summed E-state index contributed by atoms with van der Waals surface area (Å²) in [4.78, 5) is 12.3. The minimum absolute atomic E-state index is 0.118. The summed E-state index contributed by atoms with van der Waals surface area (Å²) in [6.45, 7) is 1.86. The van der Waals surface area contributed by atoms with Gasteiger partial charge in [0.15, 0.2) is 0 Å². The number of hydrogen-bond acceptors (Lipinski definition) is 3. The van der Waals surface area contributed by atoms with E-state index in [1.165, 1.54) is 4.68 Å². The van der Waals surface area contributed by atoms with Crippen LogP contribution in [0.25, 0.3) is 22.2 Å². The highest BCUT2D eigenvalue weighted by atomic mass is 16.1. The van der Waals surface area contributed by atoms with Gasteiger partial charge in [0.2, 0.25) is 0 Å². The third-order valence-corrected chi connectivity index (χ3v) is 3.24. The molecule has 0 saturated heterocycles. The van der Waals surface area contributed by atoms with E-state index >= 15 is 0 Å². The van der Waals surface area contributed by atoms with Crippen molar-refractivity contribution >= 4 is 10.9 Å². The van der Waals surface area contributed by atoms with E-state index in [2.05, 4.69) is 10.2 Å². The lowest BCUT2D eigenvalue weighted by molar-refractivity contribution is 0.703. The molecule has 2 heterocycles. The summed E-state index contributed by atoms with van der Waals surface area (Å²) in [6, 6.07) is 9.81. The summed E-state index contributed by atoms with van der Waals surface area (Å²) in [5.41, 5.74) is 3.13. The fourth-order valence-electron chi connectivity index (χ4n) is 2.39. The molecular weight excluding hydrogens is 240 g/mol. The Bertz CT molecular complexity index is 815. The van der Waals surface area contributed by atoms with Crippen molar-refractivity contribution < 1.29 is 0 Å². The Labute approximate surface area is 110 Å². The van der Waals surface area contributed by atoms with Gasteiger partial charge < -0.3 is 0 Å². The highest BCUT2D eigenvalue weighted by molar-refractivity contribution is 5.93. The van der Waals surface area contributed by atoms with Gasteiger partial charge in [0.25, 0.3) is 5.56 Å². The molecule has 0 amide bonds. The van der Waals surface area contributed by atoms with Gasteiger partial charge in [-0.2, -0.15) is 10.2 Å². The molecule has 0 fully saturated rings. The molecule has 0 unspecified atom stereocenters. The molecule has 2 aromatic heterocycles. The molecule has 0 radical (unpaired) electrons. The lowest BCUT2D eigenvalue weighted by atomic mass is 10.1. The molecule has 96 valence electrons. The number of aryl methyl sites for hydroxylation is 3. The maximum Gasteiger partial charge on any atom is 0.278 e. The molecule has 0 aliphatic rings. The van der Waals surface area contributed by atoms with Crippen LogP contribution in [-0.4, -0.2) is 19.6 Å². The second kappa shape index (κ2) is 4.05. The summed E-state index contributed by atoms with van der Waals surface area (Å²) in [5.74, 6) is 0. The number of nitrogens with zero attached hydrogens (tertiary/aromatic N) is 4. The van der Waals surface area contributed by atoms with Gasteiger partial charge in [0, 0.05) is 19.7 Å². The van der Waals surface area contributed by atoms with Gasteiger partial charge >= 0.3 is 0 Å². The second-order valence-electron chi connectivity index (χ2n) is 4.58. The molecule has 0 bridgehead atoms. The SMILES string of the molecule is Cc1nn(C)c(=O)c2c(-c3ccccc3)n(C)nc12. The Hall–Kier alpha value is -2.43. The summed E-state index contributed by atoms with van der Waals surface area (Å²) in [7, 11) is 3.51. The lowest BCUT2D eigenvalue weighted by Crippen LogP contribution is -2.20. The van der Waals surface area contributed by atoms with E-state index in [0.717, 1.165) is 17.0 Å². The van der Waals surface area contributed by atoms with Crippen molar-refractivity contribution in [3.05, 3.63) is 46.4 Å². The molecule has 5 nitrogen and oxygen atoms in total. The van der Waals surface area contributed by atoms with Crippen LogP contribution in [0, 0.1) is 6.92 Å². The van der Waals surface area contributed by atoms with Crippen LogP contribution in [0.1, 0.15) is 5.69 Å². The zero-order valence-corrected chi connectivity index (χ0v) is 11.1. The molecule has 3 aromatic rings. The first-order chi connectivity index (χ1) is 9.09. The molecular formula is C14H14N4O. The van der Waals surface area contributed by atoms with Crippen LogP contribution in [0.5, 0.6) is 0 Å². The van der Waals surface area contributed by atoms with Crippen LogP contribution in [0.3, 0.4) is 0 Å². The van der Waals surface area contributed by atoms with Gasteiger partial charge in [-0.25, -0.2) is 4.68 Å². The van der Waals surface area contributed by atoms with Gasteiger partial charge in [-0.1, -0.05) is 30.3 Å². The topological polar surface area (TPSA) is 52.7 Å². The van der Waals surface area contributed by atoms with Crippen molar-refractivity contribution in [1.29, 1.82) is 0 Å². The van der Waals surface area contributed by atoms with E-state index in [1.54, 1.807) is 11.7 Å². The normalized spacial score (nSPS) is 11.1. The second-order valence-corrected chi connectivity index (χ2v) is 4.58. The van der Waals surface area contributed by atoms with Crippen molar-refractivity contribution in [2.45, 2.75) is 6.92 Å². The maximum atomic E-state index is 12.3. The van der Waals surface area contributed by atoms with Crippen LogP contribution < -0.4 is 5.56 Å². The van der Waals surface area contributed by atoms with Gasteiger partial charge in [-0.15, -0.1) is 0 Å². The van der Waals surface area contributed by atoms with E-state index in [-0.39, 0.29) is 5.56 Å². The first-order valence-corrected chi connectivity index (χ1v) is 6.05. The Kier molecular flexibility index (Phi) is 2.48. The first kappa shape index (κ1) is 11.6. The third-order valence-electron chi connectivity index (χ3n) is 3.24.